The van der Waals surface area contributed by atoms with Gasteiger partial charge in [-0.3, -0.25) is 0 Å². The van der Waals surface area contributed by atoms with Gasteiger partial charge < -0.3 is 5.32 Å². The lowest BCUT2D eigenvalue weighted by molar-refractivity contribution is 0.134. The van der Waals surface area contributed by atoms with Gasteiger partial charge in [0.25, 0.3) is 0 Å². The second-order valence-electron chi connectivity index (χ2n) is 3.85. The van der Waals surface area contributed by atoms with Crippen LogP contribution in [0.5, 0.6) is 0 Å². The highest BCUT2D eigenvalue weighted by Gasteiger charge is 2.10. The lowest BCUT2D eigenvalue weighted by Crippen LogP contribution is -2.16. The SMILES string of the molecule is CNCCCS(=O)(=O)CCCCCC(F)F. The zero-order chi connectivity index (χ0) is 12.4. The van der Waals surface area contributed by atoms with Crippen LogP contribution in [-0.2, 0) is 9.84 Å². The number of hydrogen-bond acceptors (Lipinski definition) is 3. The maximum atomic E-state index is 11.8. The summed E-state index contributed by atoms with van der Waals surface area (Å²) >= 11 is 0. The molecule has 0 aromatic heterocycles. The summed E-state index contributed by atoms with van der Waals surface area (Å²) in [5.41, 5.74) is 0. The van der Waals surface area contributed by atoms with E-state index in [2.05, 4.69) is 5.32 Å². The summed E-state index contributed by atoms with van der Waals surface area (Å²) in [4.78, 5) is 0. The Bertz CT molecular complexity index is 256. The zero-order valence-electron chi connectivity index (χ0n) is 9.71. The molecule has 0 radical (unpaired) electrons. The van der Waals surface area contributed by atoms with Crippen LogP contribution in [0.25, 0.3) is 0 Å². The standard InChI is InChI=1S/C10H21F2NO2S/c1-13-7-5-9-16(14,15)8-4-2-3-6-10(11)12/h10,13H,2-9H2,1H3. The van der Waals surface area contributed by atoms with Crippen LogP contribution in [0.3, 0.4) is 0 Å². The van der Waals surface area contributed by atoms with Crippen LogP contribution in [0.1, 0.15) is 32.1 Å². The number of sulfone groups is 1. The highest BCUT2D eigenvalue weighted by atomic mass is 32.2. The predicted octanol–water partition coefficient (Wildman–Crippen LogP) is 1.84. The lowest BCUT2D eigenvalue weighted by Gasteiger charge is -2.04. The van der Waals surface area contributed by atoms with Crippen LogP contribution in [0.2, 0.25) is 0 Å². The Hall–Kier alpha value is -0.230. The van der Waals surface area contributed by atoms with Crippen molar-refractivity contribution in [2.75, 3.05) is 25.1 Å². The summed E-state index contributed by atoms with van der Waals surface area (Å²) < 4.78 is 46.4. The van der Waals surface area contributed by atoms with Crippen molar-refractivity contribution in [3.05, 3.63) is 0 Å². The first-order valence-corrected chi connectivity index (χ1v) is 7.43. The molecule has 0 saturated heterocycles. The van der Waals surface area contributed by atoms with Gasteiger partial charge >= 0.3 is 0 Å². The van der Waals surface area contributed by atoms with Crippen LogP contribution in [0, 0.1) is 0 Å². The smallest absolute Gasteiger partial charge is 0.238 e. The van der Waals surface area contributed by atoms with Gasteiger partial charge in [-0.1, -0.05) is 6.42 Å². The van der Waals surface area contributed by atoms with E-state index >= 15 is 0 Å². The first-order chi connectivity index (χ1) is 7.48. The third-order valence-electron chi connectivity index (χ3n) is 2.26. The van der Waals surface area contributed by atoms with E-state index in [0.29, 0.717) is 32.2 Å². The largest absolute Gasteiger partial charge is 0.320 e. The van der Waals surface area contributed by atoms with E-state index in [1.165, 1.54) is 0 Å². The molecule has 3 nitrogen and oxygen atoms in total. The lowest BCUT2D eigenvalue weighted by atomic mass is 10.2. The van der Waals surface area contributed by atoms with E-state index in [1.807, 2.05) is 0 Å². The van der Waals surface area contributed by atoms with Crippen molar-refractivity contribution < 1.29 is 17.2 Å². The van der Waals surface area contributed by atoms with Gasteiger partial charge in [0.2, 0.25) is 6.43 Å². The molecule has 16 heavy (non-hydrogen) atoms. The van der Waals surface area contributed by atoms with Gasteiger partial charge in [-0.15, -0.1) is 0 Å². The normalized spacial score (nSPS) is 12.2. The van der Waals surface area contributed by atoms with Gasteiger partial charge in [0.1, 0.15) is 9.84 Å². The minimum atomic E-state index is -2.98. The first-order valence-electron chi connectivity index (χ1n) is 5.61. The molecule has 1 N–H and O–H groups in total. The van der Waals surface area contributed by atoms with E-state index in [4.69, 9.17) is 0 Å². The molecule has 0 saturated carbocycles. The highest BCUT2D eigenvalue weighted by molar-refractivity contribution is 7.91. The van der Waals surface area contributed by atoms with E-state index in [-0.39, 0.29) is 17.9 Å². The first kappa shape index (κ1) is 15.8. The molecule has 0 aliphatic rings. The van der Waals surface area contributed by atoms with Crippen LogP contribution in [-0.4, -0.2) is 39.9 Å². The molecular weight excluding hydrogens is 236 g/mol. The molecule has 0 aromatic rings. The third kappa shape index (κ3) is 10.3. The molecule has 6 heteroatoms. The molecule has 98 valence electrons. The van der Waals surface area contributed by atoms with Gasteiger partial charge in [-0.2, -0.15) is 0 Å². The molecule has 0 aliphatic heterocycles. The van der Waals surface area contributed by atoms with Crippen LogP contribution >= 0.6 is 0 Å². The zero-order valence-corrected chi connectivity index (χ0v) is 10.5. The van der Waals surface area contributed by atoms with Crippen molar-refractivity contribution in [3.63, 3.8) is 0 Å². The van der Waals surface area contributed by atoms with Crippen LogP contribution in [0.15, 0.2) is 0 Å². The Balaban J connectivity index is 3.51. The summed E-state index contributed by atoms with van der Waals surface area (Å²) in [7, 11) is -1.21. The van der Waals surface area contributed by atoms with Gasteiger partial charge in [0.05, 0.1) is 11.5 Å². The van der Waals surface area contributed by atoms with Gasteiger partial charge in [-0.05, 0) is 32.9 Å². The quantitative estimate of drug-likeness (QED) is 0.607. The molecule has 0 amide bonds. The van der Waals surface area contributed by atoms with Crippen molar-refractivity contribution in [3.8, 4) is 0 Å². The Morgan fingerprint density at radius 1 is 1.06 bits per heavy atom. The summed E-state index contributed by atoms with van der Waals surface area (Å²) in [5, 5.41) is 2.88. The fourth-order valence-electron chi connectivity index (χ4n) is 1.37. The molecule has 0 aromatic carbocycles. The average molecular weight is 257 g/mol. The molecule has 0 unspecified atom stereocenters. The van der Waals surface area contributed by atoms with Gasteiger partial charge in [-0.25, -0.2) is 17.2 Å². The number of nitrogens with one attached hydrogen (secondary N) is 1. The molecular formula is C10H21F2NO2S. The van der Waals surface area contributed by atoms with Gasteiger partial charge in [0, 0.05) is 6.42 Å². The predicted molar refractivity (Wildman–Crippen MR) is 61.7 cm³/mol. The Kier molecular flexibility index (Phi) is 8.74. The molecule has 0 fully saturated rings. The number of alkyl halides is 2. The van der Waals surface area contributed by atoms with E-state index in [9.17, 15) is 17.2 Å². The van der Waals surface area contributed by atoms with Crippen LogP contribution < -0.4 is 5.32 Å². The molecule has 0 rings (SSSR count). The number of rotatable bonds is 10. The van der Waals surface area contributed by atoms with Crippen LogP contribution in [0.4, 0.5) is 8.78 Å². The second kappa shape index (κ2) is 8.87. The van der Waals surface area contributed by atoms with Crippen molar-refractivity contribution in [1.82, 2.24) is 5.32 Å². The molecule has 0 bridgehead atoms. The Morgan fingerprint density at radius 3 is 2.25 bits per heavy atom. The van der Waals surface area contributed by atoms with Crippen molar-refractivity contribution >= 4 is 9.84 Å². The van der Waals surface area contributed by atoms with Crippen molar-refractivity contribution in [2.24, 2.45) is 0 Å². The monoisotopic (exact) mass is 257 g/mol. The summed E-state index contributed by atoms with van der Waals surface area (Å²) in [6.45, 7) is 0.685. The van der Waals surface area contributed by atoms with Crippen molar-refractivity contribution in [1.29, 1.82) is 0 Å². The topological polar surface area (TPSA) is 46.2 Å². The van der Waals surface area contributed by atoms with E-state index in [0.717, 1.165) is 0 Å². The Labute approximate surface area is 96.5 Å². The fraction of sp³-hybridized carbons (Fsp3) is 1.00. The minimum Gasteiger partial charge on any atom is -0.320 e. The summed E-state index contributed by atoms with van der Waals surface area (Å²) in [6.07, 6.45) is -0.323. The fourth-order valence-corrected chi connectivity index (χ4v) is 2.80. The van der Waals surface area contributed by atoms with Gasteiger partial charge in [0.15, 0.2) is 0 Å². The molecule has 0 atom stereocenters. The van der Waals surface area contributed by atoms with E-state index in [1.54, 1.807) is 7.05 Å². The second-order valence-corrected chi connectivity index (χ2v) is 6.15. The maximum absolute atomic E-state index is 11.8. The number of halogens is 2. The summed E-state index contributed by atoms with van der Waals surface area (Å²) in [5.74, 6) is 0.308. The molecule has 0 spiro atoms. The van der Waals surface area contributed by atoms with E-state index < -0.39 is 16.3 Å². The van der Waals surface area contributed by atoms with Crippen molar-refractivity contribution in [2.45, 2.75) is 38.5 Å². The Morgan fingerprint density at radius 2 is 1.69 bits per heavy atom. The highest BCUT2D eigenvalue weighted by Crippen LogP contribution is 2.08. The molecule has 0 aliphatic carbocycles. The average Bonchev–Trinajstić information content (AvgIpc) is 2.16. The molecule has 0 heterocycles. The number of hydrogen-bond donors (Lipinski definition) is 1. The summed E-state index contributed by atoms with van der Waals surface area (Å²) in [6, 6.07) is 0. The third-order valence-corrected chi connectivity index (χ3v) is 4.08. The maximum Gasteiger partial charge on any atom is 0.238 e. The minimum absolute atomic E-state index is 0.125. The number of unbranched alkanes of at least 4 members (excludes halogenated alkanes) is 2.